The first kappa shape index (κ1) is 8.75. The molecular weight excluding hydrogens is 140 g/mol. The van der Waals surface area contributed by atoms with E-state index in [1.165, 1.54) is 0 Å². The highest BCUT2D eigenvalue weighted by molar-refractivity contribution is 4.81. The Balaban J connectivity index is 2.02. The van der Waals surface area contributed by atoms with E-state index < -0.39 is 0 Å². The second-order valence-corrected chi connectivity index (χ2v) is 3.39. The van der Waals surface area contributed by atoms with Crippen molar-refractivity contribution in [3.8, 4) is 0 Å². The minimum Gasteiger partial charge on any atom is -0.380 e. The Morgan fingerprint density at radius 2 is 2.27 bits per heavy atom. The van der Waals surface area contributed by atoms with Crippen LogP contribution in [0.5, 0.6) is 0 Å². The molecule has 1 aliphatic rings. The number of ether oxygens (including phenoxy) is 2. The molecule has 0 aliphatic carbocycles. The van der Waals surface area contributed by atoms with Crippen LogP contribution in [-0.2, 0) is 9.47 Å². The molecule has 0 aromatic heterocycles. The molecule has 0 unspecified atom stereocenters. The molecule has 0 aromatic carbocycles. The molecule has 1 aliphatic heterocycles. The van der Waals surface area contributed by atoms with Gasteiger partial charge in [0.05, 0.1) is 26.4 Å². The molecule has 0 bridgehead atoms. The molecule has 1 fully saturated rings. The van der Waals surface area contributed by atoms with Gasteiger partial charge in [-0.1, -0.05) is 19.1 Å². The average molecular weight is 156 g/mol. The third-order valence-corrected chi connectivity index (χ3v) is 1.80. The fourth-order valence-electron chi connectivity index (χ4n) is 1.00. The van der Waals surface area contributed by atoms with Crippen LogP contribution in [0.15, 0.2) is 12.2 Å². The highest BCUT2D eigenvalue weighted by Crippen LogP contribution is 2.26. The van der Waals surface area contributed by atoms with Crippen molar-refractivity contribution in [1.82, 2.24) is 0 Å². The van der Waals surface area contributed by atoms with Crippen molar-refractivity contribution < 1.29 is 9.47 Å². The Kier molecular flexibility index (Phi) is 3.09. The number of rotatable bonds is 4. The van der Waals surface area contributed by atoms with Crippen LogP contribution in [0.2, 0.25) is 0 Å². The Hall–Kier alpha value is -0.340. The molecule has 0 aromatic rings. The van der Waals surface area contributed by atoms with Gasteiger partial charge in [-0.05, 0) is 6.92 Å². The molecule has 1 rings (SSSR count). The third kappa shape index (κ3) is 2.64. The van der Waals surface area contributed by atoms with E-state index in [9.17, 15) is 0 Å². The lowest BCUT2D eigenvalue weighted by Crippen LogP contribution is -2.43. The molecule has 0 atom stereocenters. The summed E-state index contributed by atoms with van der Waals surface area (Å²) < 4.78 is 10.5. The van der Waals surface area contributed by atoms with Crippen LogP contribution >= 0.6 is 0 Å². The Labute approximate surface area is 68.2 Å². The summed E-state index contributed by atoms with van der Waals surface area (Å²) in [5, 5.41) is 0. The van der Waals surface area contributed by atoms with Gasteiger partial charge < -0.3 is 9.47 Å². The van der Waals surface area contributed by atoms with Gasteiger partial charge in [-0.15, -0.1) is 0 Å². The van der Waals surface area contributed by atoms with Gasteiger partial charge in [-0.2, -0.15) is 0 Å². The van der Waals surface area contributed by atoms with Gasteiger partial charge in [0.1, 0.15) is 0 Å². The first-order chi connectivity index (χ1) is 5.27. The van der Waals surface area contributed by atoms with Crippen molar-refractivity contribution in [3.63, 3.8) is 0 Å². The molecule has 0 saturated carbocycles. The summed E-state index contributed by atoms with van der Waals surface area (Å²) in [5.74, 6) is 0. The van der Waals surface area contributed by atoms with Crippen LogP contribution in [0.4, 0.5) is 0 Å². The lowest BCUT2D eigenvalue weighted by molar-refractivity contribution is -0.135. The van der Waals surface area contributed by atoms with Gasteiger partial charge in [-0.3, -0.25) is 0 Å². The van der Waals surface area contributed by atoms with Crippen LogP contribution in [0.25, 0.3) is 0 Å². The molecule has 2 nitrogen and oxygen atoms in total. The molecule has 11 heavy (non-hydrogen) atoms. The van der Waals surface area contributed by atoms with Crippen molar-refractivity contribution >= 4 is 0 Å². The van der Waals surface area contributed by atoms with Gasteiger partial charge in [-0.25, -0.2) is 0 Å². The van der Waals surface area contributed by atoms with Crippen molar-refractivity contribution in [2.75, 3.05) is 26.4 Å². The SMILES string of the molecule is C/C=C/COCC1(C)COC1. The first-order valence-electron chi connectivity index (χ1n) is 4.03. The van der Waals surface area contributed by atoms with E-state index in [1.807, 2.05) is 19.1 Å². The predicted octanol–water partition coefficient (Wildman–Crippen LogP) is 1.62. The summed E-state index contributed by atoms with van der Waals surface area (Å²) in [6.45, 7) is 7.43. The fraction of sp³-hybridized carbons (Fsp3) is 0.778. The maximum absolute atomic E-state index is 5.41. The zero-order valence-electron chi connectivity index (χ0n) is 7.30. The molecule has 64 valence electrons. The zero-order valence-corrected chi connectivity index (χ0v) is 7.30. The van der Waals surface area contributed by atoms with Crippen molar-refractivity contribution in [2.45, 2.75) is 13.8 Å². The Morgan fingerprint density at radius 1 is 1.55 bits per heavy atom. The molecule has 1 saturated heterocycles. The third-order valence-electron chi connectivity index (χ3n) is 1.80. The molecule has 0 spiro atoms. The van der Waals surface area contributed by atoms with E-state index >= 15 is 0 Å². The fourth-order valence-corrected chi connectivity index (χ4v) is 1.00. The van der Waals surface area contributed by atoms with Crippen LogP contribution in [0, 0.1) is 5.41 Å². The number of hydrogen-bond acceptors (Lipinski definition) is 2. The lowest BCUT2D eigenvalue weighted by atomic mass is 9.90. The van der Waals surface area contributed by atoms with E-state index in [1.54, 1.807) is 0 Å². The monoisotopic (exact) mass is 156 g/mol. The van der Waals surface area contributed by atoms with E-state index in [0.717, 1.165) is 26.4 Å². The van der Waals surface area contributed by atoms with Gasteiger partial charge in [0.2, 0.25) is 0 Å². The predicted molar refractivity (Wildman–Crippen MR) is 44.6 cm³/mol. The molecule has 0 radical (unpaired) electrons. The quantitative estimate of drug-likeness (QED) is 0.455. The standard InChI is InChI=1S/C9H16O2/c1-3-4-5-10-6-9(2)7-11-8-9/h3-4H,5-8H2,1-2H3/b4-3+. The summed E-state index contributed by atoms with van der Waals surface area (Å²) in [6, 6.07) is 0. The minimum atomic E-state index is 0.293. The second-order valence-electron chi connectivity index (χ2n) is 3.39. The van der Waals surface area contributed by atoms with Crippen molar-refractivity contribution in [2.24, 2.45) is 5.41 Å². The normalized spacial score (nSPS) is 22.0. The van der Waals surface area contributed by atoms with Gasteiger partial charge >= 0.3 is 0 Å². The average Bonchev–Trinajstić information content (AvgIpc) is 1.95. The van der Waals surface area contributed by atoms with E-state index in [-0.39, 0.29) is 0 Å². The largest absolute Gasteiger partial charge is 0.380 e. The number of allylic oxidation sites excluding steroid dienone is 1. The maximum Gasteiger partial charge on any atom is 0.0647 e. The summed E-state index contributed by atoms with van der Waals surface area (Å²) in [7, 11) is 0. The second kappa shape index (κ2) is 3.88. The summed E-state index contributed by atoms with van der Waals surface area (Å²) in [6.07, 6.45) is 4.02. The van der Waals surface area contributed by atoms with Gasteiger partial charge in [0.15, 0.2) is 0 Å². The summed E-state index contributed by atoms with van der Waals surface area (Å²) in [5.41, 5.74) is 0.293. The molecule has 2 heteroatoms. The number of hydrogen-bond donors (Lipinski definition) is 0. The molecule has 1 heterocycles. The van der Waals surface area contributed by atoms with Crippen molar-refractivity contribution in [1.29, 1.82) is 0 Å². The smallest absolute Gasteiger partial charge is 0.0647 e. The summed E-state index contributed by atoms with van der Waals surface area (Å²) >= 11 is 0. The minimum absolute atomic E-state index is 0.293. The highest BCUT2D eigenvalue weighted by Gasteiger charge is 2.33. The molecule has 0 amide bonds. The van der Waals surface area contributed by atoms with Crippen molar-refractivity contribution in [3.05, 3.63) is 12.2 Å². The Bertz CT molecular complexity index is 136. The maximum atomic E-state index is 5.41. The van der Waals surface area contributed by atoms with E-state index in [0.29, 0.717) is 5.41 Å². The topological polar surface area (TPSA) is 18.5 Å². The van der Waals surface area contributed by atoms with Gasteiger partial charge in [0, 0.05) is 5.41 Å². The van der Waals surface area contributed by atoms with Crippen LogP contribution in [-0.4, -0.2) is 26.4 Å². The zero-order chi connectivity index (χ0) is 8.16. The molecule has 0 N–H and O–H groups in total. The van der Waals surface area contributed by atoms with Crippen LogP contribution in [0.3, 0.4) is 0 Å². The van der Waals surface area contributed by atoms with Crippen LogP contribution < -0.4 is 0 Å². The highest BCUT2D eigenvalue weighted by atomic mass is 16.5. The lowest BCUT2D eigenvalue weighted by Gasteiger charge is -2.37. The first-order valence-corrected chi connectivity index (χ1v) is 4.03. The molecular formula is C9H16O2. The van der Waals surface area contributed by atoms with E-state index in [2.05, 4.69) is 6.92 Å². The van der Waals surface area contributed by atoms with E-state index in [4.69, 9.17) is 9.47 Å². The van der Waals surface area contributed by atoms with Gasteiger partial charge in [0.25, 0.3) is 0 Å². The Morgan fingerprint density at radius 3 is 2.73 bits per heavy atom. The summed E-state index contributed by atoms with van der Waals surface area (Å²) in [4.78, 5) is 0. The van der Waals surface area contributed by atoms with Crippen LogP contribution in [0.1, 0.15) is 13.8 Å².